The molecule has 0 fully saturated rings. The average Bonchev–Trinajstić information content (AvgIpc) is 2.88. The molecule has 2 aromatic carbocycles. The maximum absolute atomic E-state index is 9.75. The summed E-state index contributed by atoms with van der Waals surface area (Å²) in [5, 5.41) is 14.2. The van der Waals surface area contributed by atoms with Crippen molar-refractivity contribution in [3.63, 3.8) is 0 Å². The Morgan fingerprint density at radius 2 is 1.85 bits per heavy atom. The molecule has 0 saturated carbocycles. The topological polar surface area (TPSA) is 45.4 Å². The van der Waals surface area contributed by atoms with Gasteiger partial charge in [-0.1, -0.05) is 36.4 Å². The number of aliphatic hydroxyl groups excluding tert-OH is 1. The van der Waals surface area contributed by atoms with Gasteiger partial charge >= 0.3 is 0 Å². The molecule has 0 aliphatic heterocycles. The summed E-state index contributed by atoms with van der Waals surface area (Å²) in [5.41, 5.74) is 2.72. The number of hydrogen-bond donors (Lipinski definition) is 2. The molecule has 1 unspecified atom stereocenters. The number of rotatable bonds is 4. The minimum absolute atomic E-state index is 0.491. The number of aliphatic hydroxyl groups is 1. The van der Waals surface area contributed by atoms with E-state index in [2.05, 4.69) is 5.32 Å². The fourth-order valence-corrected chi connectivity index (χ4v) is 2.33. The van der Waals surface area contributed by atoms with Crippen molar-refractivity contribution in [2.24, 2.45) is 0 Å². The number of benzene rings is 2. The van der Waals surface area contributed by atoms with Crippen molar-refractivity contribution < 1.29 is 9.52 Å². The summed E-state index contributed by atoms with van der Waals surface area (Å²) >= 11 is 0. The van der Waals surface area contributed by atoms with Crippen LogP contribution in [0.5, 0.6) is 0 Å². The normalized spacial score (nSPS) is 12.5. The lowest BCUT2D eigenvalue weighted by Gasteiger charge is -2.12. The van der Waals surface area contributed by atoms with E-state index in [1.165, 1.54) is 0 Å². The summed E-state index contributed by atoms with van der Waals surface area (Å²) in [6.07, 6.45) is -0.491. The van der Waals surface area contributed by atoms with Crippen molar-refractivity contribution in [3.05, 3.63) is 65.9 Å². The number of nitrogens with one attached hydrogen (secondary N) is 1. The number of furan rings is 1. The van der Waals surface area contributed by atoms with Crippen LogP contribution in [-0.4, -0.2) is 5.11 Å². The molecule has 2 N–H and O–H groups in total. The molecule has 0 saturated heterocycles. The predicted octanol–water partition coefficient (Wildman–Crippen LogP) is 4.10. The Bertz CT molecular complexity index is 683. The van der Waals surface area contributed by atoms with E-state index in [1.54, 1.807) is 6.92 Å². The molecule has 0 aliphatic rings. The van der Waals surface area contributed by atoms with E-state index in [-0.39, 0.29) is 0 Å². The Labute approximate surface area is 117 Å². The van der Waals surface area contributed by atoms with Gasteiger partial charge in [0.25, 0.3) is 0 Å². The fourth-order valence-electron chi connectivity index (χ4n) is 2.33. The van der Waals surface area contributed by atoms with Crippen molar-refractivity contribution in [1.82, 2.24) is 0 Å². The highest BCUT2D eigenvalue weighted by Crippen LogP contribution is 2.24. The zero-order valence-corrected chi connectivity index (χ0v) is 11.3. The van der Waals surface area contributed by atoms with Crippen LogP contribution < -0.4 is 5.32 Å². The van der Waals surface area contributed by atoms with Gasteiger partial charge in [0.2, 0.25) is 0 Å². The van der Waals surface area contributed by atoms with Crippen molar-refractivity contribution in [2.75, 3.05) is 5.32 Å². The molecule has 20 heavy (non-hydrogen) atoms. The summed E-state index contributed by atoms with van der Waals surface area (Å²) in [7, 11) is 0. The Morgan fingerprint density at radius 1 is 1.10 bits per heavy atom. The number of anilines is 1. The smallest absolute Gasteiger partial charge is 0.134 e. The minimum atomic E-state index is -0.491. The van der Waals surface area contributed by atoms with Gasteiger partial charge in [0, 0.05) is 16.6 Å². The second-order valence-electron chi connectivity index (χ2n) is 4.87. The lowest BCUT2D eigenvalue weighted by atomic mass is 10.1. The van der Waals surface area contributed by atoms with Crippen LogP contribution in [0.1, 0.15) is 24.4 Å². The lowest BCUT2D eigenvalue weighted by molar-refractivity contribution is 0.200. The van der Waals surface area contributed by atoms with Gasteiger partial charge in [-0.2, -0.15) is 0 Å². The second kappa shape index (κ2) is 5.39. The highest BCUT2D eigenvalue weighted by atomic mass is 16.3. The first kappa shape index (κ1) is 12.8. The lowest BCUT2D eigenvalue weighted by Crippen LogP contribution is -2.03. The van der Waals surface area contributed by atoms with E-state index in [4.69, 9.17) is 4.42 Å². The van der Waals surface area contributed by atoms with Gasteiger partial charge in [-0.25, -0.2) is 0 Å². The van der Waals surface area contributed by atoms with Crippen LogP contribution in [0, 0.1) is 0 Å². The number of para-hydroxylation sites is 2. The molecule has 3 nitrogen and oxygen atoms in total. The van der Waals surface area contributed by atoms with Crippen LogP contribution in [0.3, 0.4) is 0 Å². The molecule has 3 aromatic rings. The summed E-state index contributed by atoms with van der Waals surface area (Å²) in [5.74, 6) is 0.881. The highest BCUT2D eigenvalue weighted by Gasteiger charge is 2.08. The summed E-state index contributed by atoms with van der Waals surface area (Å²) in [4.78, 5) is 0. The molecule has 0 spiro atoms. The van der Waals surface area contributed by atoms with E-state index in [9.17, 15) is 5.11 Å². The van der Waals surface area contributed by atoms with E-state index >= 15 is 0 Å². The third-order valence-corrected chi connectivity index (χ3v) is 3.34. The van der Waals surface area contributed by atoms with Crippen LogP contribution >= 0.6 is 0 Å². The second-order valence-corrected chi connectivity index (χ2v) is 4.87. The Hall–Kier alpha value is -2.26. The van der Waals surface area contributed by atoms with E-state index in [0.29, 0.717) is 6.54 Å². The SMILES string of the molecule is CC(O)c1ccccc1NCc1cc2ccccc2o1. The molecule has 1 aromatic heterocycles. The van der Waals surface area contributed by atoms with Gasteiger partial charge in [-0.05, 0) is 25.1 Å². The molecule has 0 bridgehead atoms. The molecule has 3 rings (SSSR count). The van der Waals surface area contributed by atoms with Crippen molar-refractivity contribution in [2.45, 2.75) is 19.6 Å². The molecule has 0 radical (unpaired) electrons. The molecular formula is C17H17NO2. The number of fused-ring (bicyclic) bond motifs is 1. The van der Waals surface area contributed by atoms with Crippen molar-refractivity contribution in [1.29, 1.82) is 0 Å². The third-order valence-electron chi connectivity index (χ3n) is 3.34. The van der Waals surface area contributed by atoms with Crippen LogP contribution in [0.2, 0.25) is 0 Å². The Morgan fingerprint density at radius 3 is 2.65 bits per heavy atom. The Balaban J connectivity index is 1.79. The quantitative estimate of drug-likeness (QED) is 0.748. The Kier molecular flexibility index (Phi) is 3.44. The molecular weight excluding hydrogens is 250 g/mol. The summed E-state index contributed by atoms with van der Waals surface area (Å²) in [6, 6.07) is 17.8. The predicted molar refractivity (Wildman–Crippen MR) is 80.6 cm³/mol. The maximum Gasteiger partial charge on any atom is 0.134 e. The molecule has 1 heterocycles. The maximum atomic E-state index is 9.75. The standard InChI is InChI=1S/C17H17NO2/c1-12(19)15-7-3-4-8-16(15)18-11-14-10-13-6-2-5-9-17(13)20-14/h2-10,12,18-19H,11H2,1H3. The minimum Gasteiger partial charge on any atom is -0.459 e. The van der Waals surface area contributed by atoms with Crippen LogP contribution in [0.15, 0.2) is 59.0 Å². The average molecular weight is 267 g/mol. The fraction of sp³-hybridized carbons (Fsp3) is 0.176. The summed E-state index contributed by atoms with van der Waals surface area (Å²) < 4.78 is 5.77. The molecule has 102 valence electrons. The monoisotopic (exact) mass is 267 g/mol. The molecule has 1 atom stereocenters. The molecule has 0 amide bonds. The van der Waals surface area contributed by atoms with Gasteiger partial charge < -0.3 is 14.8 Å². The largest absolute Gasteiger partial charge is 0.459 e. The van der Waals surface area contributed by atoms with E-state index in [0.717, 1.165) is 28.0 Å². The van der Waals surface area contributed by atoms with Gasteiger partial charge in [0.1, 0.15) is 11.3 Å². The summed E-state index contributed by atoms with van der Waals surface area (Å²) in [6.45, 7) is 2.36. The molecule has 0 aliphatic carbocycles. The van der Waals surface area contributed by atoms with Gasteiger partial charge in [-0.3, -0.25) is 0 Å². The van der Waals surface area contributed by atoms with Gasteiger partial charge in [0.15, 0.2) is 0 Å². The van der Waals surface area contributed by atoms with E-state index < -0.39 is 6.10 Å². The first-order valence-corrected chi connectivity index (χ1v) is 6.72. The van der Waals surface area contributed by atoms with Crippen LogP contribution in [0.25, 0.3) is 11.0 Å². The van der Waals surface area contributed by atoms with Crippen LogP contribution in [-0.2, 0) is 6.54 Å². The first-order chi connectivity index (χ1) is 9.74. The zero-order chi connectivity index (χ0) is 13.9. The third kappa shape index (κ3) is 2.53. The van der Waals surface area contributed by atoms with Crippen molar-refractivity contribution in [3.8, 4) is 0 Å². The molecule has 3 heteroatoms. The van der Waals surface area contributed by atoms with Gasteiger partial charge in [-0.15, -0.1) is 0 Å². The number of hydrogen-bond acceptors (Lipinski definition) is 3. The van der Waals surface area contributed by atoms with Crippen molar-refractivity contribution >= 4 is 16.7 Å². The van der Waals surface area contributed by atoms with Crippen LogP contribution in [0.4, 0.5) is 5.69 Å². The zero-order valence-electron chi connectivity index (χ0n) is 11.3. The first-order valence-electron chi connectivity index (χ1n) is 6.72. The highest BCUT2D eigenvalue weighted by molar-refractivity contribution is 5.77. The van der Waals surface area contributed by atoms with E-state index in [1.807, 2.05) is 54.6 Å². The van der Waals surface area contributed by atoms with Gasteiger partial charge in [0.05, 0.1) is 12.6 Å².